The summed E-state index contributed by atoms with van der Waals surface area (Å²) in [4.78, 5) is 10.7. The second-order valence-electron chi connectivity index (χ2n) is 8.01. The Kier molecular flexibility index (Phi) is 11.3. The zero-order valence-electron chi connectivity index (χ0n) is 20.3. The first kappa shape index (κ1) is 26.5. The molecule has 0 aliphatic rings. The van der Waals surface area contributed by atoms with Gasteiger partial charge in [0.15, 0.2) is 0 Å². The third kappa shape index (κ3) is 9.03. The molecule has 0 amide bonds. The SMILES string of the molecule is C#CC.CCCCOc1ccc(C)cc1-c1ccc(COc2ccc(CCC(=O)O)cc2)cc1. The standard InChI is InChI=1S/C27H30O4.C3H4/c1-3-4-17-30-26-15-5-20(2)18-25(26)23-11-6-22(7-12-23)19-31-24-13-8-21(9-14-24)10-16-27(28)29;1-3-2/h5-9,11-15,18H,3-4,10,16-17,19H2,1-2H3,(H,28,29);1H,2H3. The van der Waals surface area contributed by atoms with Gasteiger partial charge in [-0.25, -0.2) is 0 Å². The molecular formula is C30H34O4. The number of hydrogen-bond acceptors (Lipinski definition) is 3. The van der Waals surface area contributed by atoms with Gasteiger partial charge in [-0.2, -0.15) is 0 Å². The molecule has 0 aliphatic carbocycles. The van der Waals surface area contributed by atoms with Crippen LogP contribution in [0.2, 0.25) is 0 Å². The molecule has 0 spiro atoms. The fraction of sp³-hybridized carbons (Fsp3) is 0.300. The summed E-state index contributed by atoms with van der Waals surface area (Å²) in [5.74, 6) is 3.16. The molecule has 0 aliphatic heterocycles. The van der Waals surface area contributed by atoms with Gasteiger partial charge in [-0.3, -0.25) is 4.79 Å². The highest BCUT2D eigenvalue weighted by Gasteiger charge is 2.08. The largest absolute Gasteiger partial charge is 0.493 e. The van der Waals surface area contributed by atoms with Gasteiger partial charge in [-0.15, -0.1) is 12.3 Å². The number of carboxylic acids is 1. The van der Waals surface area contributed by atoms with E-state index in [9.17, 15) is 4.79 Å². The number of rotatable bonds is 11. The molecule has 0 fully saturated rings. The lowest BCUT2D eigenvalue weighted by Gasteiger charge is -2.13. The third-order valence-electron chi connectivity index (χ3n) is 5.11. The number of terminal acetylenes is 1. The van der Waals surface area contributed by atoms with Crippen LogP contribution in [0.25, 0.3) is 11.1 Å². The maximum Gasteiger partial charge on any atom is 0.303 e. The Hall–Kier alpha value is -3.71. The average molecular weight is 459 g/mol. The van der Waals surface area contributed by atoms with Gasteiger partial charge in [0.05, 0.1) is 6.61 Å². The van der Waals surface area contributed by atoms with Crippen molar-refractivity contribution in [1.82, 2.24) is 0 Å². The summed E-state index contributed by atoms with van der Waals surface area (Å²) < 4.78 is 11.9. The van der Waals surface area contributed by atoms with Crippen molar-refractivity contribution in [2.45, 2.75) is 53.1 Å². The number of aryl methyl sites for hydroxylation is 2. The topological polar surface area (TPSA) is 55.8 Å². The molecule has 0 unspecified atom stereocenters. The number of ether oxygens (including phenoxy) is 2. The number of unbranched alkanes of at least 4 members (excludes halogenated alkanes) is 1. The van der Waals surface area contributed by atoms with Gasteiger partial charge in [0.2, 0.25) is 0 Å². The highest BCUT2D eigenvalue weighted by Crippen LogP contribution is 2.31. The Labute approximate surface area is 203 Å². The van der Waals surface area contributed by atoms with Crippen LogP contribution in [0.4, 0.5) is 0 Å². The lowest BCUT2D eigenvalue weighted by molar-refractivity contribution is -0.136. The van der Waals surface area contributed by atoms with E-state index in [1.165, 1.54) is 5.56 Å². The van der Waals surface area contributed by atoms with E-state index in [1.54, 1.807) is 6.92 Å². The molecule has 0 atom stereocenters. The minimum Gasteiger partial charge on any atom is -0.493 e. The Morgan fingerprint density at radius 1 is 0.971 bits per heavy atom. The molecular weight excluding hydrogens is 424 g/mol. The Bertz CT molecular complexity index is 1060. The van der Waals surface area contributed by atoms with E-state index >= 15 is 0 Å². The minimum atomic E-state index is -0.783. The number of benzene rings is 3. The third-order valence-corrected chi connectivity index (χ3v) is 5.11. The molecule has 3 aromatic carbocycles. The van der Waals surface area contributed by atoms with Gasteiger partial charge in [0, 0.05) is 12.0 Å². The summed E-state index contributed by atoms with van der Waals surface area (Å²) in [6.07, 6.45) is 7.42. The molecule has 4 heteroatoms. The molecule has 34 heavy (non-hydrogen) atoms. The van der Waals surface area contributed by atoms with Crippen LogP contribution in [-0.2, 0) is 17.8 Å². The van der Waals surface area contributed by atoms with Gasteiger partial charge in [0.25, 0.3) is 0 Å². The molecule has 3 aromatic rings. The monoisotopic (exact) mass is 458 g/mol. The molecule has 0 bridgehead atoms. The maximum absolute atomic E-state index is 10.7. The second kappa shape index (κ2) is 14.4. The summed E-state index contributed by atoms with van der Waals surface area (Å²) in [5, 5.41) is 8.78. The van der Waals surface area contributed by atoms with E-state index in [0.29, 0.717) is 13.0 Å². The first-order valence-electron chi connectivity index (χ1n) is 11.6. The van der Waals surface area contributed by atoms with Gasteiger partial charge in [-0.1, -0.05) is 61.4 Å². The lowest BCUT2D eigenvalue weighted by Crippen LogP contribution is -1.99. The molecule has 0 aromatic heterocycles. The van der Waals surface area contributed by atoms with Crippen LogP contribution >= 0.6 is 0 Å². The fourth-order valence-corrected chi connectivity index (χ4v) is 3.27. The van der Waals surface area contributed by atoms with Gasteiger partial charge < -0.3 is 14.6 Å². The molecule has 0 heterocycles. The van der Waals surface area contributed by atoms with Crippen molar-refractivity contribution in [3.05, 3.63) is 83.4 Å². The highest BCUT2D eigenvalue weighted by atomic mass is 16.5. The van der Waals surface area contributed by atoms with Crippen molar-refractivity contribution < 1.29 is 19.4 Å². The van der Waals surface area contributed by atoms with E-state index < -0.39 is 5.97 Å². The van der Waals surface area contributed by atoms with Crippen molar-refractivity contribution >= 4 is 5.97 Å². The predicted octanol–water partition coefficient (Wildman–Crippen LogP) is 7.08. The average Bonchev–Trinajstić information content (AvgIpc) is 2.84. The summed E-state index contributed by atoms with van der Waals surface area (Å²) in [5.41, 5.74) is 5.52. The predicted molar refractivity (Wildman–Crippen MR) is 138 cm³/mol. The van der Waals surface area contributed by atoms with Crippen LogP contribution in [0, 0.1) is 19.3 Å². The molecule has 3 rings (SSSR count). The summed E-state index contributed by atoms with van der Waals surface area (Å²) in [6.45, 7) is 7.11. The fourth-order valence-electron chi connectivity index (χ4n) is 3.27. The number of hydrogen-bond donors (Lipinski definition) is 1. The molecule has 0 saturated heterocycles. The van der Waals surface area contributed by atoms with Crippen LogP contribution in [0.3, 0.4) is 0 Å². The molecule has 178 valence electrons. The zero-order valence-corrected chi connectivity index (χ0v) is 20.3. The van der Waals surface area contributed by atoms with E-state index in [2.05, 4.69) is 68.7 Å². The molecule has 0 saturated carbocycles. The maximum atomic E-state index is 10.7. The minimum absolute atomic E-state index is 0.138. The van der Waals surface area contributed by atoms with Gasteiger partial charge in [-0.05, 0) is 67.6 Å². The Balaban J connectivity index is 0.00000129. The van der Waals surface area contributed by atoms with Crippen molar-refractivity contribution in [1.29, 1.82) is 0 Å². The first-order valence-corrected chi connectivity index (χ1v) is 11.6. The molecule has 4 nitrogen and oxygen atoms in total. The van der Waals surface area contributed by atoms with Crippen LogP contribution in [0.5, 0.6) is 11.5 Å². The summed E-state index contributed by atoms with van der Waals surface area (Å²) >= 11 is 0. The van der Waals surface area contributed by atoms with E-state index in [4.69, 9.17) is 14.6 Å². The number of aliphatic carboxylic acids is 1. The Morgan fingerprint density at radius 3 is 2.24 bits per heavy atom. The second-order valence-corrected chi connectivity index (χ2v) is 8.01. The lowest BCUT2D eigenvalue weighted by atomic mass is 10.0. The molecule has 0 radical (unpaired) electrons. The van der Waals surface area contributed by atoms with Crippen molar-refractivity contribution in [3.63, 3.8) is 0 Å². The van der Waals surface area contributed by atoms with E-state index in [-0.39, 0.29) is 6.42 Å². The van der Waals surface area contributed by atoms with E-state index in [1.807, 2.05) is 24.3 Å². The first-order chi connectivity index (χ1) is 16.5. The molecule has 1 N–H and O–H groups in total. The van der Waals surface area contributed by atoms with Crippen molar-refractivity contribution in [2.75, 3.05) is 6.61 Å². The summed E-state index contributed by atoms with van der Waals surface area (Å²) in [6, 6.07) is 22.3. The van der Waals surface area contributed by atoms with Gasteiger partial charge in [0.1, 0.15) is 18.1 Å². The van der Waals surface area contributed by atoms with Crippen LogP contribution in [-0.4, -0.2) is 17.7 Å². The van der Waals surface area contributed by atoms with Crippen LogP contribution < -0.4 is 9.47 Å². The zero-order chi connectivity index (χ0) is 24.8. The normalized spacial score (nSPS) is 9.94. The van der Waals surface area contributed by atoms with Crippen LogP contribution in [0.1, 0.15) is 49.8 Å². The van der Waals surface area contributed by atoms with Gasteiger partial charge >= 0.3 is 5.97 Å². The van der Waals surface area contributed by atoms with E-state index in [0.717, 1.165) is 53.2 Å². The number of carbonyl (C=O) groups is 1. The summed E-state index contributed by atoms with van der Waals surface area (Å²) in [7, 11) is 0. The number of carboxylic acid groups (broad SMARTS) is 1. The highest BCUT2D eigenvalue weighted by molar-refractivity contribution is 5.71. The van der Waals surface area contributed by atoms with Crippen LogP contribution in [0.15, 0.2) is 66.7 Å². The van der Waals surface area contributed by atoms with Crippen molar-refractivity contribution in [2.24, 2.45) is 0 Å². The quantitative estimate of drug-likeness (QED) is 0.246. The smallest absolute Gasteiger partial charge is 0.303 e. The Morgan fingerprint density at radius 2 is 1.62 bits per heavy atom. The van der Waals surface area contributed by atoms with Crippen molar-refractivity contribution in [3.8, 4) is 35.0 Å².